The lowest BCUT2D eigenvalue weighted by Crippen LogP contribution is -2.36. The van der Waals surface area contributed by atoms with Gasteiger partial charge in [-0.15, -0.1) is 0 Å². The molecular formula is C25H26N2O3. The van der Waals surface area contributed by atoms with E-state index in [9.17, 15) is 9.59 Å². The summed E-state index contributed by atoms with van der Waals surface area (Å²) >= 11 is 0. The average Bonchev–Trinajstić information content (AvgIpc) is 2.79. The van der Waals surface area contributed by atoms with Gasteiger partial charge in [-0.1, -0.05) is 55.7 Å². The Hall–Kier alpha value is -3.34. The number of hydrogen-bond acceptors (Lipinski definition) is 3. The molecule has 5 heteroatoms. The first-order valence-corrected chi connectivity index (χ1v) is 10.5. The SMILES string of the molecule is O=C(COc1ccc(C(=O)NC2CCCCC2)cc1)Nc1cccc2ccccc12. The molecule has 0 atom stereocenters. The van der Waals surface area contributed by atoms with Gasteiger partial charge in [0.05, 0.1) is 0 Å². The number of hydrogen-bond donors (Lipinski definition) is 2. The summed E-state index contributed by atoms with van der Waals surface area (Å²) in [6, 6.07) is 20.9. The van der Waals surface area contributed by atoms with Crippen LogP contribution in [0.25, 0.3) is 10.8 Å². The molecule has 2 amide bonds. The quantitative estimate of drug-likeness (QED) is 0.615. The lowest BCUT2D eigenvalue weighted by atomic mass is 9.95. The van der Waals surface area contributed by atoms with Gasteiger partial charge in [0.2, 0.25) is 0 Å². The minimum absolute atomic E-state index is 0.0536. The summed E-state index contributed by atoms with van der Waals surface area (Å²) in [5.41, 5.74) is 1.37. The predicted octanol–water partition coefficient (Wildman–Crippen LogP) is 4.92. The number of nitrogens with one attached hydrogen (secondary N) is 2. The molecule has 154 valence electrons. The van der Waals surface area contributed by atoms with Crippen molar-refractivity contribution in [2.75, 3.05) is 11.9 Å². The summed E-state index contributed by atoms with van der Waals surface area (Å²) in [4.78, 5) is 24.7. The van der Waals surface area contributed by atoms with E-state index in [1.807, 2.05) is 42.5 Å². The summed E-state index contributed by atoms with van der Waals surface area (Å²) in [6.07, 6.45) is 5.72. The number of carbonyl (C=O) groups is 2. The molecule has 1 aliphatic carbocycles. The van der Waals surface area contributed by atoms with Crippen LogP contribution in [0.5, 0.6) is 5.75 Å². The van der Waals surface area contributed by atoms with Crippen molar-refractivity contribution in [3.63, 3.8) is 0 Å². The second-order valence-electron chi connectivity index (χ2n) is 7.70. The van der Waals surface area contributed by atoms with Gasteiger partial charge in [0.25, 0.3) is 11.8 Å². The highest BCUT2D eigenvalue weighted by molar-refractivity contribution is 6.02. The van der Waals surface area contributed by atoms with E-state index in [0.29, 0.717) is 11.3 Å². The highest BCUT2D eigenvalue weighted by Gasteiger charge is 2.16. The maximum atomic E-state index is 12.4. The largest absolute Gasteiger partial charge is 0.484 e. The Bertz CT molecular complexity index is 1020. The van der Waals surface area contributed by atoms with Crippen LogP contribution >= 0.6 is 0 Å². The zero-order chi connectivity index (χ0) is 20.8. The van der Waals surface area contributed by atoms with Crippen LogP contribution in [-0.2, 0) is 4.79 Å². The van der Waals surface area contributed by atoms with E-state index in [4.69, 9.17) is 4.74 Å². The maximum absolute atomic E-state index is 12.4. The maximum Gasteiger partial charge on any atom is 0.262 e. The number of benzene rings is 3. The van der Waals surface area contributed by atoms with E-state index in [2.05, 4.69) is 10.6 Å². The fourth-order valence-corrected chi connectivity index (χ4v) is 3.89. The summed E-state index contributed by atoms with van der Waals surface area (Å²) in [6.45, 7) is -0.100. The molecule has 30 heavy (non-hydrogen) atoms. The summed E-state index contributed by atoms with van der Waals surface area (Å²) in [5.74, 6) is 0.268. The van der Waals surface area contributed by atoms with Gasteiger partial charge in [-0.2, -0.15) is 0 Å². The van der Waals surface area contributed by atoms with Crippen molar-refractivity contribution < 1.29 is 14.3 Å². The standard InChI is InChI=1S/C25H26N2O3/c28-24(27-23-12-6-8-18-7-4-5-11-22(18)23)17-30-21-15-13-19(14-16-21)25(29)26-20-9-2-1-3-10-20/h4-8,11-16,20H,1-3,9-10,17H2,(H,26,29)(H,27,28). The molecule has 0 spiro atoms. The third-order valence-electron chi connectivity index (χ3n) is 5.49. The molecule has 0 radical (unpaired) electrons. The molecule has 4 rings (SSSR count). The molecule has 0 unspecified atom stereocenters. The Morgan fingerprint density at radius 2 is 1.60 bits per heavy atom. The Labute approximate surface area is 176 Å². The van der Waals surface area contributed by atoms with Crippen LogP contribution in [0.3, 0.4) is 0 Å². The van der Waals surface area contributed by atoms with Crippen LogP contribution in [0.4, 0.5) is 5.69 Å². The topological polar surface area (TPSA) is 67.4 Å². The molecule has 5 nitrogen and oxygen atoms in total. The third kappa shape index (κ3) is 4.98. The number of carbonyl (C=O) groups excluding carboxylic acids is 2. The van der Waals surface area contributed by atoms with Gasteiger partial charge in [-0.05, 0) is 48.6 Å². The molecule has 2 N–H and O–H groups in total. The Morgan fingerprint density at radius 3 is 2.40 bits per heavy atom. The first kappa shape index (κ1) is 20.0. The van der Waals surface area contributed by atoms with Crippen molar-refractivity contribution in [2.24, 2.45) is 0 Å². The van der Waals surface area contributed by atoms with Crippen molar-refractivity contribution in [3.8, 4) is 5.75 Å². The van der Waals surface area contributed by atoms with Crippen LogP contribution in [0.2, 0.25) is 0 Å². The van der Waals surface area contributed by atoms with E-state index in [1.54, 1.807) is 24.3 Å². The van der Waals surface area contributed by atoms with E-state index in [1.165, 1.54) is 19.3 Å². The zero-order valence-corrected chi connectivity index (χ0v) is 16.9. The van der Waals surface area contributed by atoms with Crippen LogP contribution < -0.4 is 15.4 Å². The van der Waals surface area contributed by atoms with E-state index >= 15 is 0 Å². The lowest BCUT2D eigenvalue weighted by molar-refractivity contribution is -0.118. The minimum Gasteiger partial charge on any atom is -0.484 e. The van der Waals surface area contributed by atoms with Crippen molar-refractivity contribution in [2.45, 2.75) is 38.1 Å². The molecule has 1 aliphatic rings. The van der Waals surface area contributed by atoms with Gasteiger partial charge in [0.1, 0.15) is 5.75 Å². The van der Waals surface area contributed by atoms with Crippen molar-refractivity contribution in [1.82, 2.24) is 5.32 Å². The summed E-state index contributed by atoms with van der Waals surface area (Å²) in [5, 5.41) is 8.06. The number of amides is 2. The van der Waals surface area contributed by atoms with E-state index in [-0.39, 0.29) is 24.5 Å². The normalized spacial score (nSPS) is 14.3. The second kappa shape index (κ2) is 9.44. The Morgan fingerprint density at radius 1 is 0.867 bits per heavy atom. The van der Waals surface area contributed by atoms with Gasteiger partial charge < -0.3 is 15.4 Å². The van der Waals surface area contributed by atoms with E-state index in [0.717, 1.165) is 29.3 Å². The van der Waals surface area contributed by atoms with Gasteiger partial charge in [0.15, 0.2) is 6.61 Å². The third-order valence-corrected chi connectivity index (χ3v) is 5.49. The first-order chi connectivity index (χ1) is 14.7. The minimum atomic E-state index is -0.231. The molecule has 0 bridgehead atoms. The Kier molecular flexibility index (Phi) is 6.28. The zero-order valence-electron chi connectivity index (χ0n) is 16.9. The fourth-order valence-electron chi connectivity index (χ4n) is 3.89. The highest BCUT2D eigenvalue weighted by atomic mass is 16.5. The number of ether oxygens (including phenoxy) is 1. The predicted molar refractivity (Wildman–Crippen MR) is 119 cm³/mol. The number of anilines is 1. The van der Waals surface area contributed by atoms with Crippen LogP contribution in [-0.4, -0.2) is 24.5 Å². The number of rotatable bonds is 6. The molecule has 0 saturated heterocycles. The van der Waals surface area contributed by atoms with Crippen molar-refractivity contribution in [1.29, 1.82) is 0 Å². The molecule has 0 aromatic heterocycles. The Balaban J connectivity index is 1.30. The van der Waals surface area contributed by atoms with Crippen LogP contribution in [0, 0.1) is 0 Å². The van der Waals surface area contributed by atoms with Crippen molar-refractivity contribution in [3.05, 3.63) is 72.3 Å². The van der Waals surface area contributed by atoms with Gasteiger partial charge >= 0.3 is 0 Å². The van der Waals surface area contributed by atoms with Crippen LogP contribution in [0.15, 0.2) is 66.7 Å². The average molecular weight is 402 g/mol. The van der Waals surface area contributed by atoms with Crippen molar-refractivity contribution >= 4 is 28.3 Å². The molecule has 0 heterocycles. The van der Waals surface area contributed by atoms with E-state index < -0.39 is 0 Å². The highest BCUT2D eigenvalue weighted by Crippen LogP contribution is 2.23. The number of fused-ring (bicyclic) bond motifs is 1. The first-order valence-electron chi connectivity index (χ1n) is 10.5. The molecule has 1 fully saturated rings. The second-order valence-corrected chi connectivity index (χ2v) is 7.70. The smallest absolute Gasteiger partial charge is 0.262 e. The lowest BCUT2D eigenvalue weighted by Gasteiger charge is -2.22. The summed E-state index contributed by atoms with van der Waals surface area (Å²) < 4.78 is 5.59. The van der Waals surface area contributed by atoms with Gasteiger partial charge in [-0.25, -0.2) is 0 Å². The van der Waals surface area contributed by atoms with Gasteiger partial charge in [0, 0.05) is 22.7 Å². The molecule has 0 aliphatic heterocycles. The molecule has 3 aromatic rings. The molecule has 3 aromatic carbocycles. The van der Waals surface area contributed by atoms with Gasteiger partial charge in [-0.3, -0.25) is 9.59 Å². The molecular weight excluding hydrogens is 376 g/mol. The molecule has 1 saturated carbocycles. The summed E-state index contributed by atoms with van der Waals surface area (Å²) in [7, 11) is 0. The van der Waals surface area contributed by atoms with Crippen LogP contribution in [0.1, 0.15) is 42.5 Å². The monoisotopic (exact) mass is 402 g/mol. The fraction of sp³-hybridized carbons (Fsp3) is 0.280.